The zero-order chi connectivity index (χ0) is 22.2. The van der Waals surface area contributed by atoms with Crippen LogP contribution in [0.25, 0.3) is 0 Å². The summed E-state index contributed by atoms with van der Waals surface area (Å²) in [7, 11) is 2.78. The lowest BCUT2D eigenvalue weighted by molar-refractivity contribution is 0.122. The van der Waals surface area contributed by atoms with E-state index in [2.05, 4.69) is 15.9 Å². The van der Waals surface area contributed by atoms with Crippen LogP contribution in [0.15, 0.2) is 0 Å². The normalized spacial score (nSPS) is 12.0. The Morgan fingerprint density at radius 3 is 0.867 bits per heavy atom. The van der Waals surface area contributed by atoms with E-state index < -0.39 is 8.80 Å². The predicted molar refractivity (Wildman–Crippen MR) is 138 cm³/mol. The fraction of sp³-hybridized carbons (Fsp3) is 1.00. The molecule has 0 saturated heterocycles. The molecule has 0 radical (unpaired) electrons. The van der Waals surface area contributed by atoms with E-state index >= 15 is 0 Å². The molecular weight excluding hydrogens is 456 g/mol. The quantitative estimate of drug-likeness (QED) is 0.0698. The highest BCUT2D eigenvalue weighted by atomic mass is 79.9. The molecule has 30 heavy (non-hydrogen) atoms. The van der Waals surface area contributed by atoms with Crippen LogP contribution >= 0.6 is 15.9 Å². The molecule has 0 heterocycles. The Morgan fingerprint density at radius 2 is 0.633 bits per heavy atom. The van der Waals surface area contributed by atoms with Crippen LogP contribution in [-0.2, 0) is 13.3 Å². The van der Waals surface area contributed by atoms with Crippen LogP contribution < -0.4 is 0 Å². The second-order valence-corrected chi connectivity index (χ2v) is 12.7. The number of alkyl halides is 1. The van der Waals surface area contributed by atoms with Crippen molar-refractivity contribution in [3.8, 4) is 0 Å². The molecule has 3 nitrogen and oxygen atoms in total. The molecule has 0 aliphatic carbocycles. The van der Waals surface area contributed by atoms with Crippen molar-refractivity contribution in [2.45, 2.75) is 134 Å². The highest BCUT2D eigenvalue weighted by molar-refractivity contribution is 9.09. The van der Waals surface area contributed by atoms with Crippen LogP contribution in [0.5, 0.6) is 0 Å². The highest BCUT2D eigenvalue weighted by Gasteiger charge is 2.36. The lowest BCUT2D eigenvalue weighted by atomic mass is 10.0. The Labute approximate surface area is 198 Å². The summed E-state index contributed by atoms with van der Waals surface area (Å²) in [6.07, 6.45) is 28.1. The van der Waals surface area contributed by atoms with Gasteiger partial charge in [0.15, 0.2) is 0 Å². The van der Waals surface area contributed by atoms with Crippen LogP contribution in [0.1, 0.15) is 128 Å². The van der Waals surface area contributed by atoms with Crippen molar-refractivity contribution >= 4 is 24.7 Å². The minimum atomic E-state index is -2.33. The maximum Gasteiger partial charge on any atom is 0.500 e. The molecule has 5 heteroatoms. The van der Waals surface area contributed by atoms with E-state index in [9.17, 15) is 0 Å². The van der Waals surface area contributed by atoms with Gasteiger partial charge in [-0.1, -0.05) is 132 Å². The maximum atomic E-state index is 5.47. The minimum Gasteiger partial charge on any atom is -0.377 e. The first-order chi connectivity index (χ1) is 14.7. The van der Waals surface area contributed by atoms with Gasteiger partial charge in [-0.3, -0.25) is 0 Å². The van der Waals surface area contributed by atoms with Gasteiger partial charge in [0.2, 0.25) is 0 Å². The zero-order valence-electron chi connectivity index (χ0n) is 20.7. The van der Waals surface area contributed by atoms with Gasteiger partial charge in [-0.15, -0.1) is 0 Å². The van der Waals surface area contributed by atoms with Gasteiger partial charge in [-0.05, 0) is 12.8 Å². The van der Waals surface area contributed by atoms with Crippen molar-refractivity contribution in [1.82, 2.24) is 0 Å². The summed E-state index contributed by atoms with van der Waals surface area (Å²) in [5.74, 6) is 0. The highest BCUT2D eigenvalue weighted by Crippen LogP contribution is 2.19. The molecule has 0 atom stereocenters. The molecule has 0 amide bonds. The number of rotatable bonds is 25. The average Bonchev–Trinajstić information content (AvgIpc) is 2.78. The topological polar surface area (TPSA) is 27.7 Å². The number of unbranched alkanes of at least 4 members (excludes halogenated alkanes) is 19. The molecule has 0 aromatic rings. The predicted octanol–water partition coefficient (Wildman–Crippen LogP) is 9.06. The van der Waals surface area contributed by atoms with E-state index in [0.717, 1.165) is 12.5 Å². The minimum absolute atomic E-state index is 0.939. The molecular formula is C25H53BrO3Si. The second-order valence-electron chi connectivity index (χ2n) is 8.81. The largest absolute Gasteiger partial charge is 0.500 e. The van der Waals surface area contributed by atoms with E-state index in [1.165, 1.54) is 127 Å². The van der Waals surface area contributed by atoms with Crippen molar-refractivity contribution in [2.75, 3.05) is 26.7 Å². The van der Waals surface area contributed by atoms with Crippen molar-refractivity contribution < 1.29 is 13.3 Å². The SMILES string of the molecule is CO[Si](CCCCCCCCCCCCCCCCCCCCCCBr)(OC)OC. The smallest absolute Gasteiger partial charge is 0.377 e. The molecule has 0 N–H and O–H groups in total. The summed E-state index contributed by atoms with van der Waals surface area (Å²) in [5, 5.41) is 1.18. The molecule has 0 rings (SSSR count). The second kappa shape index (κ2) is 24.2. The lowest BCUT2D eigenvalue weighted by Gasteiger charge is -2.24. The maximum absolute atomic E-state index is 5.47. The van der Waals surface area contributed by atoms with Gasteiger partial charge in [0.05, 0.1) is 0 Å². The molecule has 0 aromatic carbocycles. The van der Waals surface area contributed by atoms with E-state index in [0.29, 0.717) is 0 Å². The number of hydrogen-bond donors (Lipinski definition) is 0. The number of hydrogen-bond acceptors (Lipinski definition) is 3. The van der Waals surface area contributed by atoms with Gasteiger partial charge in [0.25, 0.3) is 0 Å². The van der Waals surface area contributed by atoms with Crippen LogP contribution in [-0.4, -0.2) is 35.5 Å². The van der Waals surface area contributed by atoms with Crippen LogP contribution in [0.2, 0.25) is 6.04 Å². The van der Waals surface area contributed by atoms with Gasteiger partial charge >= 0.3 is 8.80 Å². The van der Waals surface area contributed by atoms with Gasteiger partial charge in [-0.25, -0.2) is 0 Å². The van der Waals surface area contributed by atoms with Crippen LogP contribution in [0, 0.1) is 0 Å². The summed E-state index contributed by atoms with van der Waals surface area (Å²) in [6, 6.07) is 0.939. The fourth-order valence-corrected chi connectivity index (χ4v) is 6.37. The van der Waals surface area contributed by atoms with Gasteiger partial charge in [0.1, 0.15) is 0 Å². The standard InChI is InChI=1S/C25H53BrO3Si/c1-27-30(28-2,29-3)25-23-21-19-17-15-13-11-9-7-5-4-6-8-10-12-14-16-18-20-22-24-26/h4-25H2,1-3H3. The van der Waals surface area contributed by atoms with Crippen molar-refractivity contribution in [1.29, 1.82) is 0 Å². The lowest BCUT2D eigenvalue weighted by Crippen LogP contribution is -2.42. The molecule has 0 unspecified atom stereocenters. The third kappa shape index (κ3) is 19.3. The van der Waals surface area contributed by atoms with Gasteiger partial charge in [0, 0.05) is 32.7 Å². The Morgan fingerprint density at radius 1 is 0.400 bits per heavy atom. The molecule has 182 valence electrons. The van der Waals surface area contributed by atoms with Gasteiger partial charge in [-0.2, -0.15) is 0 Å². The molecule has 0 aromatic heterocycles. The van der Waals surface area contributed by atoms with E-state index in [1.54, 1.807) is 21.3 Å². The van der Waals surface area contributed by atoms with Crippen molar-refractivity contribution in [3.05, 3.63) is 0 Å². The molecule has 0 aliphatic heterocycles. The molecule has 0 bridgehead atoms. The van der Waals surface area contributed by atoms with Crippen molar-refractivity contribution in [3.63, 3.8) is 0 Å². The molecule has 0 aliphatic rings. The first kappa shape index (κ1) is 30.6. The van der Waals surface area contributed by atoms with Crippen molar-refractivity contribution in [2.24, 2.45) is 0 Å². The first-order valence-corrected chi connectivity index (χ1v) is 16.0. The third-order valence-corrected chi connectivity index (χ3v) is 9.69. The summed E-state index contributed by atoms with van der Waals surface area (Å²) in [4.78, 5) is 0. The zero-order valence-corrected chi connectivity index (χ0v) is 23.2. The number of halogens is 1. The Hall–Kier alpha value is 0.577. The summed E-state index contributed by atoms with van der Waals surface area (Å²) >= 11 is 3.51. The van der Waals surface area contributed by atoms with E-state index in [-0.39, 0.29) is 0 Å². The summed E-state index contributed by atoms with van der Waals surface area (Å²) in [5.41, 5.74) is 0. The monoisotopic (exact) mass is 508 g/mol. The Bertz CT molecular complexity index is 319. The van der Waals surface area contributed by atoms with E-state index in [1.807, 2.05) is 0 Å². The average molecular weight is 510 g/mol. The molecule has 0 fully saturated rings. The molecule has 0 saturated carbocycles. The summed E-state index contributed by atoms with van der Waals surface area (Å²) < 4.78 is 16.4. The first-order valence-electron chi connectivity index (χ1n) is 13.0. The fourth-order valence-electron chi connectivity index (χ4n) is 4.17. The van der Waals surface area contributed by atoms with Crippen LogP contribution in [0.4, 0.5) is 0 Å². The van der Waals surface area contributed by atoms with Crippen LogP contribution in [0.3, 0.4) is 0 Å². The molecule has 0 spiro atoms. The third-order valence-electron chi connectivity index (χ3n) is 6.30. The van der Waals surface area contributed by atoms with Gasteiger partial charge < -0.3 is 13.3 Å². The van der Waals surface area contributed by atoms with E-state index in [4.69, 9.17) is 13.3 Å². The Balaban J connectivity index is 3.16. The summed E-state index contributed by atoms with van der Waals surface area (Å²) in [6.45, 7) is 0. The Kier molecular flexibility index (Phi) is 24.7.